The summed E-state index contributed by atoms with van der Waals surface area (Å²) >= 11 is 76.2. The van der Waals surface area contributed by atoms with Crippen molar-refractivity contribution in [2.45, 2.75) is 158 Å². The first-order valence-electron chi connectivity index (χ1n) is 43.7. The monoisotopic (exact) mass is 2150 g/mol. The van der Waals surface area contributed by atoms with Crippen LogP contribution in [0.25, 0.3) is 83.9 Å². The van der Waals surface area contributed by atoms with Crippen LogP contribution in [0, 0.1) is 72.2 Å². The number of aryl methyl sites for hydroxylation is 3. The van der Waals surface area contributed by atoms with Crippen LogP contribution in [0.15, 0.2) is 107 Å². The lowest BCUT2D eigenvalue weighted by atomic mass is 10.0. The molecular weight excluding hydrogens is 2070 g/mol. The summed E-state index contributed by atoms with van der Waals surface area (Å²) in [6, 6.07) is 14.0. The molecule has 3 N–H and O–H groups in total. The highest BCUT2D eigenvalue weighted by atomic mass is 35.5. The number of hydrogen-bond donors (Lipinski definition) is 3. The smallest absolute Gasteiger partial charge is 0.276 e. The predicted molar refractivity (Wildman–Crippen MR) is 552 cm³/mol. The van der Waals surface area contributed by atoms with Gasteiger partial charge in [-0.3, -0.25) is 57.4 Å². The zero-order valence-corrected chi connectivity index (χ0v) is 87.1. The minimum absolute atomic E-state index is 0.0207. The van der Waals surface area contributed by atoms with Crippen LogP contribution in [0.4, 0.5) is 30.2 Å². The third-order valence-electron chi connectivity index (χ3n) is 24.8. The highest BCUT2D eigenvalue weighted by molar-refractivity contribution is 6.48. The first-order valence-corrected chi connectivity index (χ1v) is 48.2. The maximum absolute atomic E-state index is 15.7. The van der Waals surface area contributed by atoms with E-state index < -0.39 is 108 Å². The number of carbonyl (C=O) groups is 3. The molecular formula is C99H87Cl12F3N18O9. The van der Waals surface area contributed by atoms with E-state index in [2.05, 4.69) is 52.9 Å². The number of amides is 3. The third kappa shape index (κ3) is 18.8. The number of hydrogen-bond acceptors (Lipinski definition) is 21. The number of halogens is 15. The molecule has 141 heavy (non-hydrogen) atoms. The molecule has 3 saturated heterocycles. The second-order valence-corrected chi connectivity index (χ2v) is 39.8. The van der Waals surface area contributed by atoms with Crippen molar-refractivity contribution in [3.63, 3.8) is 0 Å². The molecule has 0 unspecified atom stereocenters. The van der Waals surface area contributed by atoms with Crippen LogP contribution in [0.1, 0.15) is 151 Å². The summed E-state index contributed by atoms with van der Waals surface area (Å²) < 4.78 is 50.4. The van der Waals surface area contributed by atoms with Gasteiger partial charge in [0.05, 0.1) is 125 Å². The molecule has 27 nitrogen and oxygen atoms in total. The molecule has 9 aromatic heterocycles. The van der Waals surface area contributed by atoms with E-state index in [4.69, 9.17) is 154 Å². The Morgan fingerprint density at radius 2 is 0.624 bits per heavy atom. The van der Waals surface area contributed by atoms with Crippen molar-refractivity contribution in [1.82, 2.24) is 58.3 Å². The van der Waals surface area contributed by atoms with E-state index in [-0.39, 0.29) is 199 Å². The summed E-state index contributed by atoms with van der Waals surface area (Å²) in [5.74, 6) is -6.58. The number of phenols is 3. The van der Waals surface area contributed by atoms with E-state index in [1.165, 1.54) is 50.1 Å². The number of benzene rings is 3. The lowest BCUT2D eigenvalue weighted by Gasteiger charge is -2.45. The molecule has 0 spiro atoms. The van der Waals surface area contributed by atoms with Gasteiger partial charge in [-0.25, -0.2) is 28.1 Å². The van der Waals surface area contributed by atoms with E-state index in [1.54, 1.807) is 72.3 Å². The molecule has 0 aliphatic carbocycles. The van der Waals surface area contributed by atoms with Crippen molar-refractivity contribution >= 4 is 207 Å². The van der Waals surface area contributed by atoms with E-state index >= 15 is 13.2 Å². The van der Waals surface area contributed by atoms with Crippen LogP contribution >= 0.6 is 139 Å². The lowest BCUT2D eigenvalue weighted by molar-refractivity contribution is -0.131. The molecule has 3 fully saturated rings. The van der Waals surface area contributed by atoms with Crippen LogP contribution in [0.5, 0.6) is 17.2 Å². The van der Waals surface area contributed by atoms with Gasteiger partial charge in [0.2, 0.25) is 17.7 Å². The highest BCUT2D eigenvalue weighted by Gasteiger charge is 2.42. The average Bonchev–Trinajstić information content (AvgIpc) is 0.725. The van der Waals surface area contributed by atoms with Gasteiger partial charge in [-0.2, -0.15) is 15.8 Å². The summed E-state index contributed by atoms with van der Waals surface area (Å²) in [5.41, 5.74) is 1.45. The molecule has 42 heteroatoms. The van der Waals surface area contributed by atoms with Gasteiger partial charge in [-0.15, -0.1) is 0 Å². The maximum Gasteiger partial charge on any atom is 0.276 e. The molecule has 12 aromatic rings. The van der Waals surface area contributed by atoms with Crippen LogP contribution in [0.3, 0.4) is 0 Å². The van der Waals surface area contributed by atoms with Gasteiger partial charge in [-0.1, -0.05) is 200 Å². The number of rotatable bonds is 15. The van der Waals surface area contributed by atoms with Crippen LogP contribution < -0.4 is 31.4 Å². The van der Waals surface area contributed by atoms with Crippen molar-refractivity contribution < 1.29 is 42.9 Å². The Morgan fingerprint density at radius 3 is 0.865 bits per heavy atom. The van der Waals surface area contributed by atoms with Crippen LogP contribution in [0.2, 0.25) is 60.3 Å². The molecule has 12 heterocycles. The molecule has 0 radical (unpaired) electrons. The molecule has 3 aliphatic rings. The molecule has 3 aliphatic heterocycles. The highest BCUT2D eigenvalue weighted by Crippen LogP contribution is 2.54. The fraction of sp³-hybridized carbons (Fsp3) is 0.303. The van der Waals surface area contributed by atoms with Gasteiger partial charge in [0.25, 0.3) is 16.7 Å². The second kappa shape index (κ2) is 42.1. The number of anilines is 3. The molecule has 3 amide bonds. The number of nitrogens with zero attached hydrogens (tertiary/aromatic N) is 18. The standard InChI is InChI=1S/3C33H29Cl4FN6O3/c2*1-7-21(45)43-16(5)12-42(13-17(43)6)30-18-10-20(34)28(22-23(35)31(46)25(37)24(36)26(22)38)41-32(18)44(33(47)19(30)11-39)29-15(4)8-9-40-27(29)14(2)3;1-7-21(45)43-16(5)12-42(13-17(43)6)30-18-10-20(34)28(22-23(35)26(38)25(37)31(46)24(22)36)41-32(18)44(33(47)19(30)11-39)29-15(4)8-9-40-27(29)14(2)3/h3*7-10,14,16-17,46H,1,12-13H2,2-6H3/t3*16-,17+. The Bertz CT molecular complexity index is 6860. The number of aromatic nitrogens is 9. The van der Waals surface area contributed by atoms with Crippen molar-refractivity contribution in [1.29, 1.82) is 15.8 Å². The Kier molecular flexibility index (Phi) is 31.9. The quantitative estimate of drug-likeness (QED) is 0.0487. The van der Waals surface area contributed by atoms with Crippen molar-refractivity contribution in [3.05, 3.63) is 252 Å². The van der Waals surface area contributed by atoms with E-state index in [1.807, 2.05) is 97.8 Å². The topological polar surface area (TPSA) is 346 Å². The first-order chi connectivity index (χ1) is 66.5. The summed E-state index contributed by atoms with van der Waals surface area (Å²) in [6.07, 6.45) is 8.62. The summed E-state index contributed by atoms with van der Waals surface area (Å²) in [7, 11) is 0. The second-order valence-electron chi connectivity index (χ2n) is 35.1. The van der Waals surface area contributed by atoms with Gasteiger partial charge in [-0.05, 0) is 151 Å². The Balaban J connectivity index is 0.000000178. The van der Waals surface area contributed by atoms with Gasteiger partial charge in [0.15, 0.2) is 34.7 Å². The lowest BCUT2D eigenvalue weighted by Crippen LogP contribution is -2.58. The Labute approximate surface area is 867 Å². The molecule has 732 valence electrons. The fourth-order valence-electron chi connectivity index (χ4n) is 18.7. The molecule has 6 atom stereocenters. The van der Waals surface area contributed by atoms with E-state index in [0.717, 1.165) is 0 Å². The van der Waals surface area contributed by atoms with Crippen LogP contribution in [-0.2, 0) is 14.4 Å². The van der Waals surface area contributed by atoms with Crippen molar-refractivity contribution in [3.8, 4) is 86.3 Å². The molecule has 3 aromatic carbocycles. The minimum Gasteiger partial charge on any atom is -0.505 e. The Morgan fingerprint density at radius 1 is 0.383 bits per heavy atom. The minimum atomic E-state index is -1.14. The largest absolute Gasteiger partial charge is 0.505 e. The number of nitriles is 3. The SMILES string of the molecule is C=CC(=O)N1[C@H](C)CN(c2c(C#N)c(=O)n(-c3c(C)ccnc3C(C)C)c3nc(-c4c(Cl)c(O)c(Cl)c(F)c4Cl)c(Cl)cc23)C[C@@H]1C.C=CC(=O)N1[C@H](C)CN(c2c(C#N)c(=O)n(-c3c(C)ccnc3C(C)C)c3nc(-c4c(F)c(Cl)c(Cl)c(O)c4Cl)c(Cl)cc23)C[C@@H]1C.C=CC(=O)N1[C@H](C)CN(c2c(C#N)c(=O)n(-c3c(C)ccnc3C(C)C)c3nc(-c4c(F)c(Cl)c(Cl)c(O)c4Cl)c(Cl)cc23)C[C@@H]1C. The molecule has 15 rings (SSSR count). The number of phenolic OH excluding ortho intramolecular Hbond substituents is 3. The number of pyridine rings is 9. The van der Waals surface area contributed by atoms with Gasteiger partial charge >= 0.3 is 0 Å². The number of piperazine rings is 3. The summed E-state index contributed by atoms with van der Waals surface area (Å²) in [6.45, 7) is 40.5. The predicted octanol–water partition coefficient (Wildman–Crippen LogP) is 23.5. The average molecular weight is 2160 g/mol. The van der Waals surface area contributed by atoms with Crippen LogP contribution in [-0.4, -0.2) is 167 Å². The number of carbonyl (C=O) groups excluding carboxylic acids is 3. The normalized spacial score (nSPS) is 16.6. The molecule has 0 saturated carbocycles. The molecule has 0 bridgehead atoms. The van der Waals surface area contributed by atoms with E-state index in [9.17, 15) is 59.9 Å². The fourth-order valence-corrected chi connectivity index (χ4v) is 21.7. The Hall–Kier alpha value is -11.6. The first kappa shape index (κ1) is 107. The van der Waals surface area contributed by atoms with Crippen molar-refractivity contribution in [2.75, 3.05) is 54.0 Å². The van der Waals surface area contributed by atoms with Gasteiger partial charge in [0.1, 0.15) is 66.9 Å². The van der Waals surface area contributed by atoms with E-state index in [0.29, 0.717) is 67.0 Å². The summed E-state index contributed by atoms with van der Waals surface area (Å²) in [4.78, 5) is 120. The number of fused-ring (bicyclic) bond motifs is 3. The zero-order valence-electron chi connectivity index (χ0n) is 78.0. The number of aromatic hydroxyl groups is 3. The third-order valence-corrected chi connectivity index (χ3v) is 29.1. The van der Waals surface area contributed by atoms with Gasteiger partial charge in [0, 0.05) is 116 Å². The van der Waals surface area contributed by atoms with Gasteiger partial charge < -0.3 is 44.7 Å². The zero-order chi connectivity index (χ0) is 104. The van der Waals surface area contributed by atoms with Crippen molar-refractivity contribution in [2.24, 2.45) is 0 Å². The maximum atomic E-state index is 15.7. The summed E-state index contributed by atoms with van der Waals surface area (Å²) in [5, 5.41) is 59.1.